The molecular weight excluding hydrogens is 312 g/mol. The Balaban J connectivity index is 1.59. The second-order valence-electron chi connectivity index (χ2n) is 5.63. The fourth-order valence-electron chi connectivity index (χ4n) is 2.98. The maximum Gasteiger partial charge on any atom is 0.360 e. The Morgan fingerprint density at radius 1 is 1.38 bits per heavy atom. The first kappa shape index (κ1) is 14.5. The van der Waals surface area contributed by atoms with Gasteiger partial charge in [-0.2, -0.15) is 0 Å². The molecule has 1 aliphatic heterocycles. The minimum Gasteiger partial charge on any atom is -0.464 e. The molecule has 0 amide bonds. The molecule has 24 heavy (non-hydrogen) atoms. The molecule has 1 fully saturated rings. The van der Waals surface area contributed by atoms with E-state index in [1.807, 2.05) is 10.6 Å². The summed E-state index contributed by atoms with van der Waals surface area (Å²) in [6, 6.07) is 0.106. The Hall–Kier alpha value is -3.04. The summed E-state index contributed by atoms with van der Waals surface area (Å²) in [5, 5.41) is 16.0. The summed E-state index contributed by atoms with van der Waals surface area (Å²) in [6.45, 7) is 1.60. The molecule has 10 heteroatoms. The molecule has 10 nitrogen and oxygen atoms in total. The lowest BCUT2D eigenvalue weighted by molar-refractivity contribution is 0.0594. The van der Waals surface area contributed by atoms with Crippen molar-refractivity contribution in [3.63, 3.8) is 0 Å². The number of piperidine rings is 1. The highest BCUT2D eigenvalue weighted by atomic mass is 16.5. The van der Waals surface area contributed by atoms with Gasteiger partial charge >= 0.3 is 5.97 Å². The van der Waals surface area contributed by atoms with E-state index in [1.165, 1.54) is 7.11 Å². The Morgan fingerprint density at radius 3 is 3.17 bits per heavy atom. The van der Waals surface area contributed by atoms with Crippen LogP contribution in [0.25, 0.3) is 5.65 Å². The predicted molar refractivity (Wildman–Crippen MR) is 82.6 cm³/mol. The summed E-state index contributed by atoms with van der Waals surface area (Å²) in [5.41, 5.74) is 0.944. The molecule has 1 aliphatic rings. The van der Waals surface area contributed by atoms with Gasteiger partial charge in [0, 0.05) is 25.5 Å². The van der Waals surface area contributed by atoms with Crippen LogP contribution in [-0.2, 0) is 4.74 Å². The van der Waals surface area contributed by atoms with Crippen molar-refractivity contribution in [2.24, 2.45) is 0 Å². The van der Waals surface area contributed by atoms with Crippen LogP contribution in [-0.4, -0.2) is 60.7 Å². The molecule has 3 aromatic rings. The van der Waals surface area contributed by atoms with Crippen LogP contribution in [0, 0.1) is 0 Å². The van der Waals surface area contributed by atoms with Crippen LogP contribution >= 0.6 is 0 Å². The lowest BCUT2D eigenvalue weighted by Gasteiger charge is -2.33. The van der Waals surface area contributed by atoms with Crippen LogP contribution in [0.3, 0.4) is 0 Å². The van der Waals surface area contributed by atoms with E-state index in [1.54, 1.807) is 23.4 Å². The molecule has 4 heterocycles. The van der Waals surface area contributed by atoms with Crippen LogP contribution in [0.4, 0.5) is 5.82 Å². The number of aromatic nitrogens is 7. The number of carbonyl (C=O) groups excluding carboxylic acids is 1. The van der Waals surface area contributed by atoms with Crippen LogP contribution in [0.1, 0.15) is 29.4 Å². The molecule has 3 aromatic heterocycles. The van der Waals surface area contributed by atoms with E-state index >= 15 is 0 Å². The summed E-state index contributed by atoms with van der Waals surface area (Å²) >= 11 is 0. The van der Waals surface area contributed by atoms with E-state index in [4.69, 9.17) is 0 Å². The number of rotatable bonds is 3. The van der Waals surface area contributed by atoms with Gasteiger partial charge in [0.25, 0.3) is 0 Å². The number of hydrogen-bond donors (Lipinski definition) is 0. The average molecular weight is 328 g/mol. The first-order valence-corrected chi connectivity index (χ1v) is 7.65. The molecule has 0 N–H and O–H groups in total. The maximum absolute atomic E-state index is 11.5. The second-order valence-corrected chi connectivity index (χ2v) is 5.63. The molecule has 0 bridgehead atoms. The van der Waals surface area contributed by atoms with Crippen molar-refractivity contribution in [2.75, 3.05) is 25.1 Å². The molecule has 0 saturated carbocycles. The topological polar surface area (TPSA) is 103 Å². The summed E-state index contributed by atoms with van der Waals surface area (Å²) in [5.74, 6) is 0.316. The van der Waals surface area contributed by atoms with Crippen molar-refractivity contribution in [1.82, 2.24) is 34.6 Å². The molecule has 0 unspecified atom stereocenters. The van der Waals surface area contributed by atoms with Crippen molar-refractivity contribution in [1.29, 1.82) is 0 Å². The van der Waals surface area contributed by atoms with Crippen LogP contribution in [0.15, 0.2) is 24.9 Å². The molecule has 1 atom stereocenters. The highest BCUT2D eigenvalue weighted by molar-refractivity contribution is 5.86. The Bertz CT molecular complexity index is 872. The lowest BCUT2D eigenvalue weighted by atomic mass is 10.1. The predicted octanol–water partition coefficient (Wildman–Crippen LogP) is 0.344. The average Bonchev–Trinajstić information content (AvgIpc) is 3.30. The number of ether oxygens (including phenoxy) is 1. The lowest BCUT2D eigenvalue weighted by Crippen LogP contribution is -2.37. The van der Waals surface area contributed by atoms with Gasteiger partial charge in [-0.15, -0.1) is 15.3 Å². The third-order valence-electron chi connectivity index (χ3n) is 4.17. The summed E-state index contributed by atoms with van der Waals surface area (Å²) in [4.78, 5) is 18.2. The zero-order chi connectivity index (χ0) is 16.5. The van der Waals surface area contributed by atoms with E-state index in [-0.39, 0.29) is 11.7 Å². The molecule has 4 rings (SSSR count). The van der Waals surface area contributed by atoms with Gasteiger partial charge in [0.2, 0.25) is 5.65 Å². The first-order valence-electron chi connectivity index (χ1n) is 7.65. The zero-order valence-electron chi connectivity index (χ0n) is 13.1. The fourth-order valence-corrected chi connectivity index (χ4v) is 2.98. The molecule has 124 valence electrons. The maximum atomic E-state index is 11.5. The highest BCUT2D eigenvalue weighted by Gasteiger charge is 2.26. The smallest absolute Gasteiger partial charge is 0.360 e. The normalized spacial score (nSPS) is 18.0. The van der Waals surface area contributed by atoms with Crippen molar-refractivity contribution < 1.29 is 9.53 Å². The minimum atomic E-state index is -0.483. The fraction of sp³-hybridized carbons (Fsp3) is 0.429. The Kier molecular flexibility index (Phi) is 3.56. The van der Waals surface area contributed by atoms with Crippen LogP contribution in [0.2, 0.25) is 0 Å². The standard InChI is InChI=1S/C14H16N8O2/c1-24-14(23)11-8-22(19-17-11)10-3-2-5-20(7-10)12-13-18-16-9-21(13)6-4-15-12/h4,6,8-10H,2-3,5,7H2,1H3/t10-/m1/s1. The van der Waals surface area contributed by atoms with Crippen LogP contribution < -0.4 is 4.90 Å². The number of esters is 1. The number of hydrogen-bond acceptors (Lipinski definition) is 8. The number of carbonyl (C=O) groups is 1. The Morgan fingerprint density at radius 2 is 2.29 bits per heavy atom. The molecule has 0 aliphatic carbocycles. The monoisotopic (exact) mass is 328 g/mol. The van der Waals surface area contributed by atoms with E-state index in [9.17, 15) is 4.79 Å². The molecular formula is C14H16N8O2. The zero-order valence-corrected chi connectivity index (χ0v) is 13.1. The quantitative estimate of drug-likeness (QED) is 0.634. The molecule has 0 spiro atoms. The van der Waals surface area contributed by atoms with Gasteiger partial charge < -0.3 is 9.64 Å². The van der Waals surface area contributed by atoms with Crippen LogP contribution in [0.5, 0.6) is 0 Å². The van der Waals surface area contributed by atoms with Gasteiger partial charge in [-0.1, -0.05) is 5.21 Å². The van der Waals surface area contributed by atoms with Crippen molar-refractivity contribution in [3.8, 4) is 0 Å². The number of anilines is 1. The van der Waals surface area contributed by atoms with Gasteiger partial charge in [-0.3, -0.25) is 4.40 Å². The Labute approximate surface area is 137 Å². The molecule has 0 aromatic carbocycles. The largest absolute Gasteiger partial charge is 0.464 e. The van der Waals surface area contributed by atoms with Gasteiger partial charge in [-0.25, -0.2) is 14.5 Å². The highest BCUT2D eigenvalue weighted by Crippen LogP contribution is 2.26. The molecule has 0 radical (unpaired) electrons. The van der Waals surface area contributed by atoms with Gasteiger partial charge in [0.1, 0.15) is 6.33 Å². The summed E-state index contributed by atoms with van der Waals surface area (Å²) in [6.07, 6.45) is 8.78. The second kappa shape index (κ2) is 5.87. The van der Waals surface area contributed by atoms with E-state index in [2.05, 4.69) is 35.1 Å². The number of nitrogens with zero attached hydrogens (tertiary/aromatic N) is 8. The molecule has 1 saturated heterocycles. The van der Waals surface area contributed by atoms with E-state index < -0.39 is 5.97 Å². The van der Waals surface area contributed by atoms with E-state index in [0.29, 0.717) is 6.54 Å². The number of methoxy groups -OCH3 is 1. The SMILES string of the molecule is COC(=O)c1cn([C@@H]2CCCN(c3nccn4cnnc34)C2)nn1. The first-order chi connectivity index (χ1) is 11.8. The van der Waals surface area contributed by atoms with E-state index in [0.717, 1.165) is 30.9 Å². The third kappa shape index (κ3) is 2.45. The summed E-state index contributed by atoms with van der Waals surface area (Å²) in [7, 11) is 1.33. The van der Waals surface area contributed by atoms with Crippen molar-refractivity contribution in [3.05, 3.63) is 30.6 Å². The van der Waals surface area contributed by atoms with Gasteiger partial charge in [0.05, 0.1) is 19.3 Å². The third-order valence-corrected chi connectivity index (χ3v) is 4.17. The van der Waals surface area contributed by atoms with Crippen molar-refractivity contribution in [2.45, 2.75) is 18.9 Å². The van der Waals surface area contributed by atoms with Gasteiger partial charge in [0.15, 0.2) is 11.5 Å². The van der Waals surface area contributed by atoms with Crippen molar-refractivity contribution >= 4 is 17.4 Å². The van der Waals surface area contributed by atoms with Gasteiger partial charge in [-0.05, 0) is 12.8 Å². The summed E-state index contributed by atoms with van der Waals surface area (Å²) < 4.78 is 8.24. The minimum absolute atomic E-state index is 0.106. The number of fused-ring (bicyclic) bond motifs is 1.